The van der Waals surface area contributed by atoms with Crippen molar-refractivity contribution < 1.29 is 27.8 Å². The van der Waals surface area contributed by atoms with Crippen LogP contribution in [0.3, 0.4) is 0 Å². The van der Waals surface area contributed by atoms with Crippen molar-refractivity contribution >= 4 is 50.0 Å². The number of aromatic nitrogens is 4. The van der Waals surface area contributed by atoms with Crippen LogP contribution in [0.4, 0.5) is 13.2 Å². The number of benzene rings is 2. The molecular weight excluding hydrogens is 667 g/mol. The summed E-state index contributed by atoms with van der Waals surface area (Å²) in [6, 6.07) is 13.2. The van der Waals surface area contributed by atoms with Gasteiger partial charge in [-0.2, -0.15) is 18.4 Å². The summed E-state index contributed by atoms with van der Waals surface area (Å²) in [6.45, 7) is 4.94. The van der Waals surface area contributed by atoms with Gasteiger partial charge in [-0.3, -0.25) is 14.3 Å². The van der Waals surface area contributed by atoms with E-state index in [2.05, 4.69) is 15.0 Å². The van der Waals surface area contributed by atoms with Crippen LogP contribution in [0.5, 0.6) is 5.75 Å². The second kappa shape index (κ2) is 12.4. The minimum atomic E-state index is -4.61. The summed E-state index contributed by atoms with van der Waals surface area (Å²) in [4.78, 5) is 39.1. The Morgan fingerprint density at radius 3 is 2.54 bits per heavy atom. The molecule has 0 spiro atoms. The quantitative estimate of drug-likeness (QED) is 0.179. The van der Waals surface area contributed by atoms with Crippen molar-refractivity contribution in [3.63, 3.8) is 0 Å². The van der Waals surface area contributed by atoms with Crippen LogP contribution in [0.25, 0.3) is 43.5 Å². The number of rotatable bonds is 7. The first-order valence-corrected chi connectivity index (χ1v) is 15.6. The number of halogens is 4. The summed E-state index contributed by atoms with van der Waals surface area (Å²) >= 11 is 7.60. The average Bonchev–Trinajstić information content (AvgIpc) is 3.47. The van der Waals surface area contributed by atoms with Crippen LogP contribution in [0.15, 0.2) is 58.7 Å². The van der Waals surface area contributed by atoms with Gasteiger partial charge in [-0.05, 0) is 57.2 Å². The number of alkyl halides is 3. The van der Waals surface area contributed by atoms with E-state index in [9.17, 15) is 33.1 Å². The third-order valence-electron chi connectivity index (χ3n) is 7.73. The highest BCUT2D eigenvalue weighted by molar-refractivity contribution is 7.18. The van der Waals surface area contributed by atoms with E-state index in [1.165, 1.54) is 33.4 Å². The monoisotopic (exact) mass is 689 g/mol. The number of aromatic carboxylic acids is 1. The Labute approximate surface area is 279 Å². The molecule has 4 heterocycles. The molecule has 0 aliphatic heterocycles. The second-order valence-electron chi connectivity index (χ2n) is 10.9. The lowest BCUT2D eigenvalue weighted by atomic mass is 10.00. The van der Waals surface area contributed by atoms with Gasteiger partial charge < -0.3 is 9.84 Å². The molecule has 14 heteroatoms. The maximum Gasteiger partial charge on any atom is 0.416 e. The third-order valence-corrected chi connectivity index (χ3v) is 8.97. The molecular formula is C34H23ClF3N5O4S. The molecule has 1 N–H and O–H groups in total. The molecule has 0 aliphatic carbocycles. The van der Waals surface area contributed by atoms with E-state index < -0.39 is 23.3 Å². The van der Waals surface area contributed by atoms with Gasteiger partial charge in [-0.25, -0.2) is 14.8 Å². The van der Waals surface area contributed by atoms with Crippen LogP contribution in [-0.4, -0.2) is 37.2 Å². The molecule has 0 bridgehead atoms. The van der Waals surface area contributed by atoms with Gasteiger partial charge in [0.15, 0.2) is 0 Å². The predicted molar refractivity (Wildman–Crippen MR) is 176 cm³/mol. The van der Waals surface area contributed by atoms with Gasteiger partial charge in [0, 0.05) is 32.8 Å². The van der Waals surface area contributed by atoms with E-state index in [0.717, 1.165) is 12.1 Å². The van der Waals surface area contributed by atoms with Crippen LogP contribution in [0.1, 0.15) is 38.7 Å². The second-order valence-corrected chi connectivity index (χ2v) is 12.2. The molecule has 48 heavy (non-hydrogen) atoms. The molecule has 0 saturated heterocycles. The molecule has 4 aromatic heterocycles. The number of aryl methyl sites for hydroxylation is 3. The van der Waals surface area contributed by atoms with E-state index in [1.807, 2.05) is 12.1 Å². The normalized spacial score (nSPS) is 11.6. The van der Waals surface area contributed by atoms with Crippen molar-refractivity contribution in [2.24, 2.45) is 0 Å². The van der Waals surface area contributed by atoms with Crippen molar-refractivity contribution in [1.29, 1.82) is 5.26 Å². The molecule has 0 saturated carbocycles. The van der Waals surface area contributed by atoms with Gasteiger partial charge >= 0.3 is 12.1 Å². The number of ether oxygens (including phenoxy) is 1. The third kappa shape index (κ3) is 5.85. The summed E-state index contributed by atoms with van der Waals surface area (Å²) in [5, 5.41) is 21.7. The number of pyridine rings is 2. The number of nitrogens with zero attached hydrogens (tertiary/aromatic N) is 5. The van der Waals surface area contributed by atoms with Gasteiger partial charge in [0.05, 0.1) is 50.2 Å². The van der Waals surface area contributed by atoms with Crippen molar-refractivity contribution in [3.05, 3.63) is 103 Å². The van der Waals surface area contributed by atoms with Crippen molar-refractivity contribution in [1.82, 2.24) is 19.5 Å². The van der Waals surface area contributed by atoms with Gasteiger partial charge in [-0.1, -0.05) is 23.7 Å². The number of nitriles is 1. The lowest BCUT2D eigenvalue weighted by Crippen LogP contribution is -2.27. The van der Waals surface area contributed by atoms with Crippen molar-refractivity contribution in [2.75, 3.05) is 6.61 Å². The largest absolute Gasteiger partial charge is 0.491 e. The molecule has 6 rings (SSSR count). The molecule has 0 unspecified atom stereocenters. The predicted octanol–water partition coefficient (Wildman–Crippen LogP) is 7.98. The van der Waals surface area contributed by atoms with Crippen molar-refractivity contribution in [2.45, 2.75) is 33.5 Å². The van der Waals surface area contributed by atoms with Gasteiger partial charge in [-0.15, -0.1) is 11.3 Å². The molecule has 2 aromatic carbocycles. The Kier molecular flexibility index (Phi) is 8.40. The highest BCUT2D eigenvalue weighted by atomic mass is 35.5. The zero-order valence-corrected chi connectivity index (χ0v) is 27.0. The van der Waals surface area contributed by atoms with Crippen LogP contribution in [0, 0.1) is 32.1 Å². The smallest absolute Gasteiger partial charge is 0.416 e. The lowest BCUT2D eigenvalue weighted by molar-refractivity contribution is -0.137. The summed E-state index contributed by atoms with van der Waals surface area (Å²) < 4.78 is 48.5. The topological polar surface area (TPSA) is 131 Å². The zero-order valence-electron chi connectivity index (χ0n) is 25.4. The Hall–Kier alpha value is -5.32. The van der Waals surface area contributed by atoms with E-state index in [1.54, 1.807) is 39.0 Å². The highest BCUT2D eigenvalue weighted by Gasteiger charge is 2.31. The van der Waals surface area contributed by atoms with E-state index in [0.29, 0.717) is 43.6 Å². The number of thiophene rings is 1. The number of hydrogen-bond donors (Lipinski definition) is 1. The number of hydrogen-bond acceptors (Lipinski definition) is 8. The summed E-state index contributed by atoms with van der Waals surface area (Å²) in [7, 11) is 0. The highest BCUT2D eigenvalue weighted by Crippen LogP contribution is 2.40. The Balaban J connectivity index is 1.39. The first-order chi connectivity index (χ1) is 22.8. The number of carboxylic acid groups (broad SMARTS) is 1. The number of carbonyl (C=O) groups is 1. The Morgan fingerprint density at radius 1 is 1.06 bits per heavy atom. The van der Waals surface area contributed by atoms with Gasteiger partial charge in [0.1, 0.15) is 29.8 Å². The molecule has 0 atom stereocenters. The molecule has 0 radical (unpaired) electrons. The maximum atomic E-state index is 13.9. The summed E-state index contributed by atoms with van der Waals surface area (Å²) in [6.07, 6.45) is -4.61. The average molecular weight is 690 g/mol. The van der Waals surface area contributed by atoms with E-state index in [4.69, 9.17) is 16.3 Å². The Bertz CT molecular complexity index is 2400. The molecule has 0 fully saturated rings. The standard InChI is InChI=1S/C34H23ClF3N5O4S/c1-16-11-23(31-30(40-16)25(15-48-31)33(45)46)22-13-21(35)7-8-26(22)47-10-9-43-18(3)42-28-17(2)41-29(24(14-39)27(28)32(43)44)19-5-4-6-20(12-19)34(36,37)38/h4-8,11-13,15H,9-10H2,1-3H3,(H,45,46). The van der Waals surface area contributed by atoms with Gasteiger partial charge in [0.2, 0.25) is 0 Å². The molecule has 6 aromatic rings. The molecule has 242 valence electrons. The minimum Gasteiger partial charge on any atom is -0.491 e. The summed E-state index contributed by atoms with van der Waals surface area (Å²) in [5.41, 5.74) is 1.08. The number of fused-ring (bicyclic) bond motifs is 2. The fourth-order valence-corrected chi connectivity index (χ4v) is 6.72. The SMILES string of the molecule is Cc1cc(-c2cc(Cl)ccc2OCCn2c(C)nc3c(C)nc(-c4cccc(C(F)(F)F)c4)c(C#N)c3c2=O)c2scc(C(=O)O)c2n1. The zero-order chi connectivity index (χ0) is 34.5. The van der Waals surface area contributed by atoms with Crippen molar-refractivity contribution in [3.8, 4) is 34.2 Å². The first-order valence-electron chi connectivity index (χ1n) is 14.3. The number of carboxylic acids is 1. The maximum absolute atomic E-state index is 13.9. The lowest BCUT2D eigenvalue weighted by Gasteiger charge is -2.16. The molecule has 9 nitrogen and oxygen atoms in total. The minimum absolute atomic E-state index is 0.00769. The molecule has 0 amide bonds. The van der Waals surface area contributed by atoms with Gasteiger partial charge in [0.25, 0.3) is 5.56 Å². The fourth-order valence-electron chi connectivity index (χ4n) is 5.54. The van der Waals surface area contributed by atoms with Crippen LogP contribution in [-0.2, 0) is 12.7 Å². The first kappa shape index (κ1) is 32.6. The van der Waals surface area contributed by atoms with E-state index >= 15 is 0 Å². The van der Waals surface area contributed by atoms with Crippen LogP contribution in [0.2, 0.25) is 5.02 Å². The van der Waals surface area contributed by atoms with Crippen LogP contribution < -0.4 is 10.3 Å². The Morgan fingerprint density at radius 2 is 1.83 bits per heavy atom. The van der Waals surface area contributed by atoms with Crippen LogP contribution >= 0.6 is 22.9 Å². The fraction of sp³-hybridized carbons (Fsp3) is 0.176. The molecule has 0 aliphatic rings. The summed E-state index contributed by atoms with van der Waals surface area (Å²) in [5.74, 6) is -0.356. The van der Waals surface area contributed by atoms with E-state index in [-0.39, 0.29) is 52.1 Å².